The molecule has 2 amide bonds. The SMILES string of the molecule is COc1ccc(N(CC(=O)N(Cc2ccc(C)cc2)C(Cc2ccccc2)C(=O)NC2CCCCC2)S(=O)(=O)c2ccc(C)c([N+](=O)[O-])c2)cc1. The Hall–Kier alpha value is -5.23. The molecule has 1 aliphatic rings. The van der Waals surface area contributed by atoms with Crippen molar-refractivity contribution in [1.82, 2.24) is 10.2 Å². The standard InChI is InChI=1S/C39H44N4O7S/c1-28-14-17-31(18-15-28)26-41(37(24-30-10-6-4-7-11-30)39(45)40-32-12-8-5-9-13-32)38(44)27-42(33-19-21-34(50-3)22-20-33)51(48,49)35-23-16-29(2)36(25-35)43(46)47/h4,6-7,10-11,14-23,25,32,37H,5,8-9,12-13,24,26-27H2,1-3H3,(H,40,45). The summed E-state index contributed by atoms with van der Waals surface area (Å²) in [6, 6.07) is 25.9. The first-order valence-electron chi connectivity index (χ1n) is 17.1. The van der Waals surface area contributed by atoms with Crippen LogP contribution in [0.15, 0.2) is 102 Å². The van der Waals surface area contributed by atoms with Crippen LogP contribution in [0.5, 0.6) is 5.75 Å². The molecule has 1 fully saturated rings. The summed E-state index contributed by atoms with van der Waals surface area (Å²) in [6.07, 6.45) is 5.02. The molecule has 5 rings (SSSR count). The van der Waals surface area contributed by atoms with Crippen molar-refractivity contribution < 1.29 is 27.7 Å². The van der Waals surface area contributed by atoms with E-state index in [-0.39, 0.29) is 41.2 Å². The number of nitro groups is 1. The molecule has 0 heterocycles. The van der Waals surface area contributed by atoms with Crippen LogP contribution in [-0.4, -0.2) is 55.8 Å². The van der Waals surface area contributed by atoms with E-state index >= 15 is 0 Å². The highest BCUT2D eigenvalue weighted by Gasteiger charge is 2.36. The molecule has 0 aromatic heterocycles. The molecule has 0 radical (unpaired) electrons. The van der Waals surface area contributed by atoms with Gasteiger partial charge in [0.1, 0.15) is 18.3 Å². The minimum absolute atomic E-state index is 0.0191. The van der Waals surface area contributed by atoms with Crippen LogP contribution in [0.2, 0.25) is 0 Å². The van der Waals surface area contributed by atoms with Crippen LogP contribution in [0, 0.1) is 24.0 Å². The van der Waals surface area contributed by atoms with Gasteiger partial charge in [-0.2, -0.15) is 0 Å². The predicted molar refractivity (Wildman–Crippen MR) is 196 cm³/mol. The highest BCUT2D eigenvalue weighted by atomic mass is 32.2. The molecule has 1 aliphatic carbocycles. The number of nitrogens with zero attached hydrogens (tertiary/aromatic N) is 3. The average Bonchev–Trinajstić information content (AvgIpc) is 3.13. The molecule has 12 heteroatoms. The predicted octanol–water partition coefficient (Wildman–Crippen LogP) is 6.50. The molecule has 1 unspecified atom stereocenters. The van der Waals surface area contributed by atoms with Gasteiger partial charge in [-0.15, -0.1) is 0 Å². The van der Waals surface area contributed by atoms with E-state index in [1.54, 1.807) is 12.1 Å². The molecule has 51 heavy (non-hydrogen) atoms. The summed E-state index contributed by atoms with van der Waals surface area (Å²) in [5.41, 5.74) is 2.72. The second kappa shape index (κ2) is 16.7. The van der Waals surface area contributed by atoms with Gasteiger partial charge in [-0.25, -0.2) is 8.42 Å². The normalized spacial score (nSPS) is 13.9. The van der Waals surface area contributed by atoms with E-state index in [2.05, 4.69) is 5.32 Å². The number of hydrogen-bond acceptors (Lipinski definition) is 7. The number of carbonyl (C=O) groups excluding carboxylic acids is 2. The van der Waals surface area contributed by atoms with Crippen molar-refractivity contribution in [2.75, 3.05) is 18.0 Å². The van der Waals surface area contributed by atoms with E-state index in [0.717, 1.165) is 59.2 Å². The number of benzene rings is 4. The minimum Gasteiger partial charge on any atom is -0.497 e. The number of amides is 2. The number of nitro benzene ring substituents is 1. The van der Waals surface area contributed by atoms with E-state index in [4.69, 9.17) is 4.74 Å². The first kappa shape index (κ1) is 37.0. The first-order chi connectivity index (χ1) is 24.5. The van der Waals surface area contributed by atoms with E-state index in [9.17, 15) is 28.1 Å². The van der Waals surface area contributed by atoms with Gasteiger partial charge in [0, 0.05) is 30.6 Å². The molecule has 268 valence electrons. The second-order valence-corrected chi connectivity index (χ2v) is 14.8. The molecule has 11 nitrogen and oxygen atoms in total. The molecule has 4 aromatic rings. The van der Waals surface area contributed by atoms with Crippen molar-refractivity contribution in [2.45, 2.75) is 75.9 Å². The van der Waals surface area contributed by atoms with Crippen LogP contribution in [0.25, 0.3) is 0 Å². The van der Waals surface area contributed by atoms with Gasteiger partial charge in [-0.3, -0.25) is 24.0 Å². The number of nitrogens with one attached hydrogen (secondary N) is 1. The van der Waals surface area contributed by atoms with Crippen molar-refractivity contribution >= 4 is 33.2 Å². The third-order valence-electron chi connectivity index (χ3n) is 9.30. The molecule has 1 saturated carbocycles. The summed E-state index contributed by atoms with van der Waals surface area (Å²) >= 11 is 0. The summed E-state index contributed by atoms with van der Waals surface area (Å²) in [4.78, 5) is 41.3. The van der Waals surface area contributed by atoms with Crippen molar-refractivity contribution in [2.24, 2.45) is 0 Å². The molecule has 0 bridgehead atoms. The third-order valence-corrected chi connectivity index (χ3v) is 11.1. The molecule has 0 aliphatic heterocycles. The van der Waals surface area contributed by atoms with Crippen LogP contribution in [-0.2, 0) is 32.6 Å². The summed E-state index contributed by atoms with van der Waals surface area (Å²) in [5.74, 6) is -0.452. The number of ether oxygens (including phenoxy) is 1. The zero-order valence-electron chi connectivity index (χ0n) is 29.2. The smallest absolute Gasteiger partial charge is 0.273 e. The maximum atomic E-state index is 14.8. The fourth-order valence-corrected chi connectivity index (χ4v) is 7.77. The summed E-state index contributed by atoms with van der Waals surface area (Å²) in [6.45, 7) is 2.84. The van der Waals surface area contributed by atoms with Crippen LogP contribution in [0.3, 0.4) is 0 Å². The average molecular weight is 713 g/mol. The summed E-state index contributed by atoms with van der Waals surface area (Å²) in [5, 5.41) is 15.0. The van der Waals surface area contributed by atoms with Gasteiger partial charge in [-0.05, 0) is 68.1 Å². The minimum atomic E-state index is -4.54. The van der Waals surface area contributed by atoms with E-state index < -0.39 is 33.4 Å². The lowest BCUT2D eigenvalue weighted by Gasteiger charge is -2.35. The van der Waals surface area contributed by atoms with Crippen molar-refractivity contribution in [3.8, 4) is 5.75 Å². The van der Waals surface area contributed by atoms with E-state index in [0.29, 0.717) is 11.3 Å². The van der Waals surface area contributed by atoms with E-state index in [1.807, 2.05) is 61.5 Å². The van der Waals surface area contributed by atoms with Crippen molar-refractivity contribution in [1.29, 1.82) is 0 Å². The molecular weight excluding hydrogens is 669 g/mol. The van der Waals surface area contributed by atoms with Gasteiger partial charge in [0.15, 0.2) is 0 Å². The Morgan fingerprint density at radius 2 is 1.57 bits per heavy atom. The first-order valence-corrected chi connectivity index (χ1v) is 18.5. The van der Waals surface area contributed by atoms with Crippen LogP contribution < -0.4 is 14.4 Å². The molecule has 0 spiro atoms. The van der Waals surface area contributed by atoms with Crippen LogP contribution in [0.4, 0.5) is 11.4 Å². The number of sulfonamides is 1. The molecule has 1 atom stereocenters. The van der Waals surface area contributed by atoms with Crippen molar-refractivity contribution in [3.63, 3.8) is 0 Å². The molecule has 1 N–H and O–H groups in total. The third kappa shape index (κ3) is 9.31. The summed E-state index contributed by atoms with van der Waals surface area (Å²) in [7, 11) is -3.06. The second-order valence-electron chi connectivity index (χ2n) is 13.0. The van der Waals surface area contributed by atoms with Gasteiger partial charge < -0.3 is 15.0 Å². The van der Waals surface area contributed by atoms with Gasteiger partial charge in [0.05, 0.1) is 22.6 Å². The Kier molecular flexibility index (Phi) is 12.1. The number of hydrogen-bond donors (Lipinski definition) is 1. The zero-order chi connectivity index (χ0) is 36.5. The Bertz CT molecular complexity index is 1930. The number of carbonyl (C=O) groups is 2. The van der Waals surface area contributed by atoms with Crippen LogP contribution in [0.1, 0.15) is 54.4 Å². The highest BCUT2D eigenvalue weighted by molar-refractivity contribution is 7.92. The maximum Gasteiger partial charge on any atom is 0.273 e. The lowest BCUT2D eigenvalue weighted by Crippen LogP contribution is -2.55. The highest BCUT2D eigenvalue weighted by Crippen LogP contribution is 2.30. The summed E-state index contributed by atoms with van der Waals surface area (Å²) < 4.78 is 35.0. The lowest BCUT2D eigenvalue weighted by atomic mass is 9.94. The lowest BCUT2D eigenvalue weighted by molar-refractivity contribution is -0.385. The van der Waals surface area contributed by atoms with Gasteiger partial charge in [-0.1, -0.05) is 85.5 Å². The Morgan fingerprint density at radius 3 is 2.20 bits per heavy atom. The number of methoxy groups -OCH3 is 1. The number of anilines is 1. The topological polar surface area (TPSA) is 139 Å². The monoisotopic (exact) mass is 712 g/mol. The molecular formula is C39H44N4O7S. The van der Waals surface area contributed by atoms with Gasteiger partial charge >= 0.3 is 0 Å². The number of rotatable bonds is 14. The van der Waals surface area contributed by atoms with Crippen molar-refractivity contribution in [3.05, 3.63) is 129 Å². The molecule has 0 saturated heterocycles. The van der Waals surface area contributed by atoms with Gasteiger partial charge in [0.25, 0.3) is 15.7 Å². The molecule has 4 aromatic carbocycles. The Balaban J connectivity index is 1.59. The number of aryl methyl sites for hydroxylation is 2. The van der Waals surface area contributed by atoms with E-state index in [1.165, 1.54) is 43.2 Å². The largest absolute Gasteiger partial charge is 0.497 e. The Morgan fingerprint density at radius 1 is 0.902 bits per heavy atom. The fourth-order valence-electron chi connectivity index (χ4n) is 6.34. The maximum absolute atomic E-state index is 14.8. The van der Waals surface area contributed by atoms with Crippen LogP contribution >= 0.6 is 0 Å². The van der Waals surface area contributed by atoms with Gasteiger partial charge in [0.2, 0.25) is 11.8 Å². The quantitative estimate of drug-likeness (QED) is 0.116. The fraction of sp³-hybridized carbons (Fsp3) is 0.333. The Labute approximate surface area is 299 Å². The zero-order valence-corrected chi connectivity index (χ0v) is 30.0.